The number of benzene rings is 3. The Kier molecular flexibility index (Phi) is 7.83. The Morgan fingerprint density at radius 1 is 1.00 bits per heavy atom. The lowest BCUT2D eigenvalue weighted by Gasteiger charge is -2.09. The molecule has 0 aliphatic heterocycles. The molecular weight excluding hydrogens is 428 g/mol. The summed E-state index contributed by atoms with van der Waals surface area (Å²) in [6, 6.07) is 19.4. The van der Waals surface area contributed by atoms with Crippen molar-refractivity contribution in [2.45, 2.75) is 13.8 Å². The molecule has 0 radical (unpaired) electrons. The van der Waals surface area contributed by atoms with Gasteiger partial charge in [0.25, 0.3) is 5.91 Å². The number of nitrogens with zero attached hydrogens (tertiary/aromatic N) is 1. The lowest BCUT2D eigenvalue weighted by Crippen LogP contribution is -2.24. The maximum absolute atomic E-state index is 12.1. The van der Waals surface area contributed by atoms with Crippen LogP contribution in [0.3, 0.4) is 0 Å². The van der Waals surface area contributed by atoms with Gasteiger partial charge in [-0.05, 0) is 61.4 Å². The Morgan fingerprint density at radius 3 is 2.47 bits per heavy atom. The Balaban J connectivity index is 1.48. The number of carbonyl (C=O) groups is 2. The molecule has 32 heavy (non-hydrogen) atoms. The van der Waals surface area contributed by atoms with E-state index in [1.54, 1.807) is 24.3 Å². The van der Waals surface area contributed by atoms with Gasteiger partial charge in [0.15, 0.2) is 6.61 Å². The molecular formula is C24H23ClN4O3. The van der Waals surface area contributed by atoms with Gasteiger partial charge in [-0.15, -0.1) is 0 Å². The monoisotopic (exact) mass is 450 g/mol. The van der Waals surface area contributed by atoms with E-state index in [2.05, 4.69) is 21.2 Å². The van der Waals surface area contributed by atoms with Crippen molar-refractivity contribution in [1.82, 2.24) is 5.43 Å². The molecule has 164 valence electrons. The molecule has 3 N–H and O–H groups in total. The van der Waals surface area contributed by atoms with Crippen LogP contribution >= 0.6 is 11.6 Å². The highest BCUT2D eigenvalue weighted by molar-refractivity contribution is 6.32. The molecule has 0 unspecified atom stereocenters. The van der Waals surface area contributed by atoms with Crippen molar-refractivity contribution >= 4 is 41.1 Å². The van der Waals surface area contributed by atoms with Crippen molar-refractivity contribution in [1.29, 1.82) is 0 Å². The quantitative estimate of drug-likeness (QED) is 0.344. The Morgan fingerprint density at radius 2 is 1.75 bits per heavy atom. The van der Waals surface area contributed by atoms with Gasteiger partial charge in [0, 0.05) is 11.4 Å². The van der Waals surface area contributed by atoms with Crippen LogP contribution in [0.4, 0.5) is 16.2 Å². The second-order valence-electron chi connectivity index (χ2n) is 7.03. The molecule has 0 bridgehead atoms. The summed E-state index contributed by atoms with van der Waals surface area (Å²) in [5, 5.41) is 9.71. The molecule has 0 fully saturated rings. The Hall–Kier alpha value is -3.84. The van der Waals surface area contributed by atoms with E-state index in [4.69, 9.17) is 16.3 Å². The fourth-order valence-corrected chi connectivity index (χ4v) is 2.96. The van der Waals surface area contributed by atoms with E-state index < -0.39 is 6.03 Å². The first kappa shape index (κ1) is 22.8. The van der Waals surface area contributed by atoms with Gasteiger partial charge in [0.1, 0.15) is 5.75 Å². The molecule has 3 amide bonds. The largest absolute Gasteiger partial charge is 0.482 e. The fourth-order valence-electron chi connectivity index (χ4n) is 2.72. The van der Waals surface area contributed by atoms with Crippen molar-refractivity contribution in [3.8, 4) is 5.75 Å². The number of rotatable bonds is 7. The highest BCUT2D eigenvalue weighted by Gasteiger charge is 2.07. The highest BCUT2D eigenvalue weighted by Crippen LogP contribution is 2.25. The normalized spacial score (nSPS) is 10.6. The molecule has 3 rings (SSSR count). The number of anilines is 2. The lowest BCUT2D eigenvalue weighted by atomic mass is 10.2. The van der Waals surface area contributed by atoms with Crippen molar-refractivity contribution in [3.63, 3.8) is 0 Å². The highest BCUT2D eigenvalue weighted by atomic mass is 35.5. The van der Waals surface area contributed by atoms with E-state index in [9.17, 15) is 9.59 Å². The number of hydrogen-bond acceptors (Lipinski definition) is 4. The number of hydrogen-bond donors (Lipinski definition) is 3. The van der Waals surface area contributed by atoms with Crippen LogP contribution in [0.1, 0.15) is 16.7 Å². The molecule has 0 aliphatic carbocycles. The fraction of sp³-hybridized carbons (Fsp3) is 0.125. The van der Waals surface area contributed by atoms with Crippen molar-refractivity contribution in [2.75, 3.05) is 17.2 Å². The average molecular weight is 451 g/mol. The summed E-state index contributed by atoms with van der Waals surface area (Å²) >= 11 is 6.24. The van der Waals surface area contributed by atoms with Gasteiger partial charge >= 0.3 is 6.03 Å². The van der Waals surface area contributed by atoms with Crippen LogP contribution in [0.2, 0.25) is 5.02 Å². The van der Waals surface area contributed by atoms with Gasteiger partial charge in [-0.1, -0.05) is 47.5 Å². The van der Waals surface area contributed by atoms with E-state index in [-0.39, 0.29) is 12.5 Å². The summed E-state index contributed by atoms with van der Waals surface area (Å²) in [7, 11) is 0. The number of urea groups is 1. The maximum atomic E-state index is 12.1. The molecule has 0 aromatic heterocycles. The maximum Gasteiger partial charge on any atom is 0.339 e. The van der Waals surface area contributed by atoms with Crippen LogP contribution in [-0.4, -0.2) is 24.8 Å². The Labute approximate surface area is 191 Å². The van der Waals surface area contributed by atoms with Gasteiger partial charge in [-0.25, -0.2) is 10.2 Å². The smallest absolute Gasteiger partial charge is 0.339 e. The molecule has 0 spiro atoms. The zero-order valence-electron chi connectivity index (χ0n) is 17.7. The van der Waals surface area contributed by atoms with Gasteiger partial charge in [0.05, 0.1) is 11.2 Å². The SMILES string of the molecule is Cc1ccc(NC(=O)COc2ccc(C=NNC(=O)Nc3ccccc3C)cc2Cl)cc1. The van der Waals surface area contributed by atoms with E-state index >= 15 is 0 Å². The van der Waals surface area contributed by atoms with Crippen molar-refractivity contribution < 1.29 is 14.3 Å². The number of amides is 3. The third kappa shape index (κ3) is 6.85. The summed E-state index contributed by atoms with van der Waals surface area (Å²) in [4.78, 5) is 24.0. The first-order valence-electron chi connectivity index (χ1n) is 9.85. The average Bonchev–Trinajstić information content (AvgIpc) is 2.76. The zero-order valence-corrected chi connectivity index (χ0v) is 18.4. The molecule has 0 saturated carbocycles. The van der Waals surface area contributed by atoms with Crippen LogP contribution < -0.4 is 20.8 Å². The minimum Gasteiger partial charge on any atom is -0.482 e. The van der Waals surface area contributed by atoms with Gasteiger partial charge in [-0.3, -0.25) is 4.79 Å². The van der Waals surface area contributed by atoms with E-state index in [0.717, 1.165) is 11.1 Å². The third-order valence-corrected chi connectivity index (χ3v) is 4.72. The number of nitrogens with one attached hydrogen (secondary N) is 3. The van der Waals surface area contributed by atoms with Gasteiger partial charge in [-0.2, -0.15) is 5.10 Å². The summed E-state index contributed by atoms with van der Waals surface area (Å²) < 4.78 is 5.50. The summed E-state index contributed by atoms with van der Waals surface area (Å²) in [5.41, 5.74) is 6.51. The van der Waals surface area contributed by atoms with E-state index in [1.165, 1.54) is 6.21 Å². The summed E-state index contributed by atoms with van der Waals surface area (Å²) in [6.07, 6.45) is 1.46. The number of ether oxygens (including phenoxy) is 1. The predicted molar refractivity (Wildman–Crippen MR) is 128 cm³/mol. The Bertz CT molecular complexity index is 1130. The molecule has 0 atom stereocenters. The minimum absolute atomic E-state index is 0.179. The number of halogens is 1. The second-order valence-corrected chi connectivity index (χ2v) is 7.44. The molecule has 7 nitrogen and oxygen atoms in total. The lowest BCUT2D eigenvalue weighted by molar-refractivity contribution is -0.118. The van der Waals surface area contributed by atoms with Gasteiger partial charge in [0.2, 0.25) is 0 Å². The minimum atomic E-state index is -0.457. The van der Waals surface area contributed by atoms with E-state index in [0.29, 0.717) is 27.7 Å². The van der Waals surface area contributed by atoms with E-state index in [1.807, 2.05) is 56.3 Å². The number of aryl methyl sites for hydroxylation is 2. The van der Waals surface area contributed by atoms with Crippen LogP contribution in [0.5, 0.6) is 5.75 Å². The zero-order chi connectivity index (χ0) is 22.9. The molecule has 3 aromatic carbocycles. The molecule has 0 heterocycles. The predicted octanol–water partition coefficient (Wildman–Crippen LogP) is 5.13. The molecule has 3 aromatic rings. The first-order valence-corrected chi connectivity index (χ1v) is 10.2. The van der Waals surface area contributed by atoms with Gasteiger partial charge < -0.3 is 15.4 Å². The molecule has 0 aliphatic rings. The number of para-hydroxylation sites is 1. The second kappa shape index (κ2) is 11.0. The standard InChI is InChI=1S/C24H23ClN4O3/c1-16-7-10-19(11-8-16)27-23(30)15-32-22-12-9-18(13-20(22)25)14-26-29-24(31)28-21-6-4-3-5-17(21)2/h3-14H,15H2,1-2H3,(H,27,30)(H2,28,29,31). The summed E-state index contributed by atoms with van der Waals surface area (Å²) in [5.74, 6) is 0.0764. The topological polar surface area (TPSA) is 91.8 Å². The number of carbonyl (C=O) groups excluding carboxylic acids is 2. The molecule has 0 saturated heterocycles. The van der Waals surface area contributed by atoms with Crippen LogP contribution in [-0.2, 0) is 4.79 Å². The number of hydrazone groups is 1. The van der Waals surface area contributed by atoms with Crippen LogP contribution in [0.15, 0.2) is 71.8 Å². The van der Waals surface area contributed by atoms with Crippen molar-refractivity contribution in [2.24, 2.45) is 5.10 Å². The first-order chi connectivity index (χ1) is 15.4. The van der Waals surface area contributed by atoms with Crippen LogP contribution in [0, 0.1) is 13.8 Å². The van der Waals surface area contributed by atoms with Crippen molar-refractivity contribution in [3.05, 3.63) is 88.4 Å². The summed E-state index contributed by atoms with van der Waals surface area (Å²) in [6.45, 7) is 3.69. The molecule has 8 heteroatoms. The van der Waals surface area contributed by atoms with Crippen LogP contribution in [0.25, 0.3) is 0 Å². The third-order valence-electron chi connectivity index (χ3n) is 4.42.